The highest BCUT2D eigenvalue weighted by Crippen LogP contribution is 2.38. The highest BCUT2D eigenvalue weighted by molar-refractivity contribution is 7.84. The predicted octanol–water partition coefficient (Wildman–Crippen LogP) is 5.75. The molecule has 0 fully saturated rings. The van der Waals surface area contributed by atoms with Crippen LogP contribution in [0.1, 0.15) is 65.9 Å². The fourth-order valence-electron chi connectivity index (χ4n) is 2.89. The van der Waals surface area contributed by atoms with E-state index in [1.54, 1.807) is 41.5 Å². The summed E-state index contributed by atoms with van der Waals surface area (Å²) in [6.07, 6.45) is -5.85. The largest absolute Gasteiger partial charge is 0.458 e. The van der Waals surface area contributed by atoms with Crippen LogP contribution in [0, 0.1) is 0 Å². The molecule has 1 amide bonds. The second-order valence-electron chi connectivity index (χ2n) is 9.80. The van der Waals surface area contributed by atoms with Gasteiger partial charge in [-0.2, -0.15) is 13.2 Å². The summed E-state index contributed by atoms with van der Waals surface area (Å²) in [6, 6.07) is 4.19. The summed E-state index contributed by atoms with van der Waals surface area (Å²) in [5.74, 6) is -2.88. The molecule has 0 bridgehead atoms. The number of alkyl carbamates (subject to hydrolysis) is 1. The summed E-state index contributed by atoms with van der Waals surface area (Å²) >= 11 is 5.76. The molecule has 1 rings (SSSR count). The van der Waals surface area contributed by atoms with Gasteiger partial charge in [-0.05, 0) is 72.1 Å². The molecule has 0 aliphatic carbocycles. The monoisotopic (exact) mass is 527 g/mol. The number of alkyl halides is 3. The Morgan fingerprint density at radius 1 is 0.941 bits per heavy atom. The Kier molecular flexibility index (Phi) is 10.9. The van der Waals surface area contributed by atoms with E-state index in [0.717, 1.165) is 0 Å². The average Bonchev–Trinajstić information content (AvgIpc) is 2.62. The van der Waals surface area contributed by atoms with Gasteiger partial charge in [-0.15, -0.1) is 0 Å². The Morgan fingerprint density at radius 3 is 1.91 bits per heavy atom. The molecule has 0 radical (unpaired) electrons. The maximum Gasteiger partial charge on any atom is 0.408 e. The molecule has 0 saturated heterocycles. The van der Waals surface area contributed by atoms with Crippen molar-refractivity contribution in [2.75, 3.05) is 11.5 Å². The fourth-order valence-corrected chi connectivity index (χ4v) is 4.21. The SMILES string of the molecule is CC(C)(C)OC(=O)NC(CCS(=O)CCC(c1ccc(Cl)cc1)C(F)(F)F)C(=O)OC(C)(C)C. The summed E-state index contributed by atoms with van der Waals surface area (Å²) in [4.78, 5) is 24.7. The van der Waals surface area contributed by atoms with Gasteiger partial charge in [0.15, 0.2) is 0 Å². The van der Waals surface area contributed by atoms with Gasteiger partial charge in [0.05, 0.1) is 5.92 Å². The first-order valence-electron chi connectivity index (χ1n) is 10.8. The van der Waals surface area contributed by atoms with Gasteiger partial charge < -0.3 is 14.8 Å². The van der Waals surface area contributed by atoms with Crippen molar-refractivity contribution >= 4 is 34.5 Å². The number of halogens is 4. The lowest BCUT2D eigenvalue weighted by molar-refractivity contribution is -0.157. The zero-order chi connectivity index (χ0) is 26.3. The molecule has 194 valence electrons. The van der Waals surface area contributed by atoms with Gasteiger partial charge in [0.25, 0.3) is 0 Å². The lowest BCUT2D eigenvalue weighted by atomic mass is 9.96. The molecule has 0 aliphatic rings. The number of hydrogen-bond acceptors (Lipinski definition) is 5. The first-order chi connectivity index (χ1) is 15.4. The Morgan fingerprint density at radius 2 is 1.44 bits per heavy atom. The molecule has 1 aromatic carbocycles. The van der Waals surface area contributed by atoms with E-state index in [2.05, 4.69) is 5.32 Å². The molecule has 0 spiro atoms. The second-order valence-corrected chi connectivity index (χ2v) is 11.9. The van der Waals surface area contributed by atoms with E-state index in [4.69, 9.17) is 21.1 Å². The standard InChI is InChI=1S/C23H33ClF3NO5S/c1-21(2,3)32-19(29)18(28-20(30)33-22(4,5)6)12-14-34(31)13-11-17(23(25,26)27)15-7-9-16(24)10-8-15/h7-10,17-18H,11-14H2,1-6H3,(H,28,30). The van der Waals surface area contributed by atoms with Crippen molar-refractivity contribution in [3.8, 4) is 0 Å². The molecule has 3 unspecified atom stereocenters. The van der Waals surface area contributed by atoms with Gasteiger partial charge in [-0.3, -0.25) is 4.21 Å². The number of esters is 1. The van der Waals surface area contributed by atoms with Gasteiger partial charge >= 0.3 is 18.2 Å². The van der Waals surface area contributed by atoms with Gasteiger partial charge in [-0.1, -0.05) is 23.7 Å². The quantitative estimate of drug-likeness (QED) is 0.413. The van der Waals surface area contributed by atoms with Crippen LogP contribution in [-0.4, -0.2) is 51.2 Å². The number of ether oxygens (including phenoxy) is 2. The van der Waals surface area contributed by atoms with Crippen molar-refractivity contribution in [1.29, 1.82) is 0 Å². The van der Waals surface area contributed by atoms with Crippen molar-refractivity contribution in [2.24, 2.45) is 0 Å². The summed E-state index contributed by atoms with van der Waals surface area (Å²) in [6.45, 7) is 9.93. The van der Waals surface area contributed by atoms with Crippen LogP contribution in [0.25, 0.3) is 0 Å². The van der Waals surface area contributed by atoms with Crippen LogP contribution >= 0.6 is 11.6 Å². The molecule has 1 aromatic rings. The number of carbonyl (C=O) groups is 2. The normalized spacial score (nSPS) is 15.2. The third-order valence-corrected chi connectivity index (χ3v) is 5.95. The van der Waals surface area contributed by atoms with E-state index < -0.39 is 58.6 Å². The number of hydrogen-bond donors (Lipinski definition) is 1. The van der Waals surface area contributed by atoms with E-state index in [1.807, 2.05) is 0 Å². The molecular weight excluding hydrogens is 495 g/mol. The van der Waals surface area contributed by atoms with Crippen LogP contribution in [0.5, 0.6) is 0 Å². The maximum absolute atomic E-state index is 13.6. The van der Waals surface area contributed by atoms with Crippen LogP contribution < -0.4 is 5.32 Å². The smallest absolute Gasteiger partial charge is 0.408 e. The summed E-state index contributed by atoms with van der Waals surface area (Å²) in [5, 5.41) is 2.73. The Labute approximate surface area is 206 Å². The lowest BCUT2D eigenvalue weighted by Gasteiger charge is -2.26. The van der Waals surface area contributed by atoms with Crippen LogP contribution in [0.3, 0.4) is 0 Å². The van der Waals surface area contributed by atoms with Gasteiger partial charge in [0.1, 0.15) is 17.2 Å². The highest BCUT2D eigenvalue weighted by atomic mass is 35.5. The number of rotatable bonds is 9. The van der Waals surface area contributed by atoms with Gasteiger partial charge in [0.2, 0.25) is 0 Å². The summed E-state index contributed by atoms with van der Waals surface area (Å²) in [5.41, 5.74) is -1.60. The molecule has 11 heteroatoms. The fraction of sp³-hybridized carbons (Fsp3) is 0.652. The Hall–Kier alpha value is -1.81. The number of nitrogens with one attached hydrogen (secondary N) is 1. The van der Waals surface area contributed by atoms with Crippen LogP contribution in [-0.2, 0) is 25.1 Å². The molecule has 1 N–H and O–H groups in total. The van der Waals surface area contributed by atoms with E-state index in [9.17, 15) is 27.0 Å². The highest BCUT2D eigenvalue weighted by Gasteiger charge is 2.40. The molecule has 0 saturated carbocycles. The summed E-state index contributed by atoms with van der Waals surface area (Å²) in [7, 11) is -1.67. The second kappa shape index (κ2) is 12.2. The van der Waals surface area contributed by atoms with Crippen LogP contribution in [0.4, 0.5) is 18.0 Å². The molecular formula is C23H33ClF3NO5S. The zero-order valence-electron chi connectivity index (χ0n) is 20.3. The minimum Gasteiger partial charge on any atom is -0.458 e. The molecule has 34 heavy (non-hydrogen) atoms. The van der Waals surface area contributed by atoms with Crippen LogP contribution in [0.2, 0.25) is 5.02 Å². The minimum absolute atomic E-state index is 0.0344. The Bertz CT molecular complexity index is 848. The molecule has 3 atom stereocenters. The first kappa shape index (κ1) is 30.2. The van der Waals surface area contributed by atoms with E-state index >= 15 is 0 Å². The predicted molar refractivity (Wildman–Crippen MR) is 126 cm³/mol. The number of benzene rings is 1. The third kappa shape index (κ3) is 12.1. The number of amides is 1. The van der Waals surface area contributed by atoms with Gasteiger partial charge in [-0.25, -0.2) is 9.59 Å². The van der Waals surface area contributed by atoms with Gasteiger partial charge in [0, 0.05) is 27.3 Å². The number of carbonyl (C=O) groups excluding carboxylic acids is 2. The van der Waals surface area contributed by atoms with Crippen molar-refractivity contribution in [2.45, 2.75) is 83.7 Å². The van der Waals surface area contributed by atoms with E-state index in [-0.39, 0.29) is 23.5 Å². The van der Waals surface area contributed by atoms with Crippen molar-refractivity contribution in [3.63, 3.8) is 0 Å². The first-order valence-corrected chi connectivity index (χ1v) is 12.6. The zero-order valence-corrected chi connectivity index (χ0v) is 21.8. The van der Waals surface area contributed by atoms with Crippen molar-refractivity contribution < 1.29 is 36.4 Å². The molecule has 0 aromatic heterocycles. The Balaban J connectivity index is 2.81. The average molecular weight is 528 g/mol. The van der Waals surface area contributed by atoms with E-state index in [1.165, 1.54) is 24.3 Å². The summed E-state index contributed by atoms with van der Waals surface area (Å²) < 4.78 is 63.7. The lowest BCUT2D eigenvalue weighted by Crippen LogP contribution is -2.46. The van der Waals surface area contributed by atoms with E-state index in [0.29, 0.717) is 5.02 Å². The molecule has 0 aliphatic heterocycles. The molecule has 0 heterocycles. The van der Waals surface area contributed by atoms with Crippen LogP contribution in [0.15, 0.2) is 24.3 Å². The van der Waals surface area contributed by atoms with Crippen molar-refractivity contribution in [1.82, 2.24) is 5.32 Å². The minimum atomic E-state index is -4.52. The topological polar surface area (TPSA) is 81.7 Å². The third-order valence-electron chi connectivity index (χ3n) is 4.32. The van der Waals surface area contributed by atoms with Crippen molar-refractivity contribution in [3.05, 3.63) is 34.9 Å². The molecule has 6 nitrogen and oxygen atoms in total. The maximum atomic E-state index is 13.6.